The number of methoxy groups -OCH3 is 1. The van der Waals surface area contributed by atoms with Crippen molar-refractivity contribution < 1.29 is 9.53 Å². The Bertz CT molecular complexity index is 879. The molecule has 1 aliphatic carbocycles. The quantitative estimate of drug-likeness (QED) is 0.716. The third-order valence-electron chi connectivity index (χ3n) is 4.26. The number of aromatic nitrogens is 5. The predicted molar refractivity (Wildman–Crippen MR) is 90.0 cm³/mol. The number of aromatic amines is 1. The number of rotatable bonds is 6. The van der Waals surface area contributed by atoms with E-state index in [1.807, 2.05) is 28.8 Å². The highest BCUT2D eigenvalue weighted by atomic mass is 16.5. The van der Waals surface area contributed by atoms with Crippen LogP contribution in [0.5, 0.6) is 5.75 Å². The zero-order chi connectivity index (χ0) is 17.2. The molecule has 1 amide bonds. The van der Waals surface area contributed by atoms with E-state index in [2.05, 4.69) is 25.7 Å². The maximum atomic E-state index is 12.6. The molecule has 128 valence electrons. The number of hydrogen-bond acceptors (Lipinski definition) is 5. The first-order valence-electron chi connectivity index (χ1n) is 8.10. The van der Waals surface area contributed by atoms with Gasteiger partial charge in [0.15, 0.2) is 5.82 Å². The fraction of sp³-hybridized carbons (Fsp3) is 0.294. The molecular weight excluding hydrogens is 320 g/mol. The SMILES string of the molecule is COc1ccc(-c2[nH]ncc2C(=O)NCc2nncn2C2CC2)cc1. The predicted octanol–water partition coefficient (Wildman–Crippen LogP) is 1.94. The summed E-state index contributed by atoms with van der Waals surface area (Å²) in [5.74, 6) is 1.32. The summed E-state index contributed by atoms with van der Waals surface area (Å²) in [4.78, 5) is 12.6. The molecule has 4 rings (SSSR count). The second-order valence-electron chi connectivity index (χ2n) is 5.96. The van der Waals surface area contributed by atoms with Crippen molar-refractivity contribution >= 4 is 5.91 Å². The number of nitrogens with one attached hydrogen (secondary N) is 2. The number of carbonyl (C=O) groups excluding carboxylic acids is 1. The summed E-state index contributed by atoms with van der Waals surface area (Å²) >= 11 is 0. The molecule has 0 spiro atoms. The van der Waals surface area contributed by atoms with Crippen LogP contribution in [0.25, 0.3) is 11.3 Å². The fourth-order valence-corrected chi connectivity index (χ4v) is 2.74. The van der Waals surface area contributed by atoms with Crippen molar-refractivity contribution in [3.63, 3.8) is 0 Å². The van der Waals surface area contributed by atoms with Crippen LogP contribution in [0.15, 0.2) is 36.8 Å². The van der Waals surface area contributed by atoms with Gasteiger partial charge in [0.25, 0.3) is 5.91 Å². The van der Waals surface area contributed by atoms with Gasteiger partial charge in [-0.15, -0.1) is 10.2 Å². The first-order chi connectivity index (χ1) is 12.3. The number of carbonyl (C=O) groups is 1. The van der Waals surface area contributed by atoms with Crippen LogP contribution < -0.4 is 10.1 Å². The van der Waals surface area contributed by atoms with Gasteiger partial charge in [0.05, 0.1) is 31.1 Å². The van der Waals surface area contributed by atoms with Crippen LogP contribution in [0.3, 0.4) is 0 Å². The van der Waals surface area contributed by atoms with Crippen LogP contribution in [0.1, 0.15) is 35.1 Å². The molecule has 0 bridgehead atoms. The van der Waals surface area contributed by atoms with E-state index in [9.17, 15) is 4.79 Å². The van der Waals surface area contributed by atoms with Crippen molar-refractivity contribution in [2.45, 2.75) is 25.4 Å². The molecule has 3 aromatic rings. The molecule has 2 aromatic heterocycles. The molecule has 2 heterocycles. The lowest BCUT2D eigenvalue weighted by Crippen LogP contribution is -2.24. The monoisotopic (exact) mass is 338 g/mol. The van der Waals surface area contributed by atoms with Gasteiger partial charge < -0.3 is 14.6 Å². The van der Waals surface area contributed by atoms with Crippen molar-refractivity contribution in [2.75, 3.05) is 7.11 Å². The Morgan fingerprint density at radius 1 is 1.36 bits per heavy atom. The lowest BCUT2D eigenvalue weighted by molar-refractivity contribution is 0.0950. The van der Waals surface area contributed by atoms with Crippen molar-refractivity contribution in [3.8, 4) is 17.0 Å². The van der Waals surface area contributed by atoms with Gasteiger partial charge in [0.2, 0.25) is 0 Å². The zero-order valence-corrected chi connectivity index (χ0v) is 13.8. The van der Waals surface area contributed by atoms with E-state index in [0.29, 0.717) is 23.8 Å². The smallest absolute Gasteiger partial charge is 0.255 e. The molecule has 0 unspecified atom stereocenters. The van der Waals surface area contributed by atoms with Gasteiger partial charge in [0.1, 0.15) is 12.1 Å². The van der Waals surface area contributed by atoms with E-state index in [1.54, 1.807) is 13.4 Å². The Kier molecular flexibility index (Phi) is 3.93. The normalized spacial score (nSPS) is 13.6. The Morgan fingerprint density at radius 2 is 2.16 bits per heavy atom. The average Bonchev–Trinajstić information content (AvgIpc) is 3.19. The maximum Gasteiger partial charge on any atom is 0.255 e. The van der Waals surface area contributed by atoms with Gasteiger partial charge in [0, 0.05) is 11.6 Å². The second-order valence-corrected chi connectivity index (χ2v) is 5.96. The molecule has 8 heteroatoms. The fourth-order valence-electron chi connectivity index (χ4n) is 2.74. The number of ether oxygens (including phenoxy) is 1. The van der Waals surface area contributed by atoms with Crippen molar-refractivity contribution in [1.29, 1.82) is 0 Å². The van der Waals surface area contributed by atoms with Gasteiger partial charge in [-0.25, -0.2) is 0 Å². The average molecular weight is 338 g/mol. The molecule has 1 fully saturated rings. The first kappa shape index (κ1) is 15.4. The zero-order valence-electron chi connectivity index (χ0n) is 13.8. The summed E-state index contributed by atoms with van der Waals surface area (Å²) < 4.78 is 7.19. The number of amides is 1. The standard InChI is InChI=1S/C17H18N6O2/c1-25-13-6-2-11(3-7-13)16-14(8-19-22-16)17(24)18-9-15-21-20-10-23(15)12-4-5-12/h2-3,6-8,10,12H,4-5,9H2,1H3,(H,18,24)(H,19,22). The third-order valence-corrected chi connectivity index (χ3v) is 4.26. The van der Waals surface area contributed by atoms with E-state index in [1.165, 1.54) is 6.20 Å². The highest BCUT2D eigenvalue weighted by Gasteiger charge is 2.26. The molecule has 0 radical (unpaired) electrons. The minimum absolute atomic E-state index is 0.204. The van der Waals surface area contributed by atoms with Gasteiger partial charge >= 0.3 is 0 Å². The minimum atomic E-state index is -0.204. The van der Waals surface area contributed by atoms with Crippen LogP contribution in [-0.4, -0.2) is 38.0 Å². The lowest BCUT2D eigenvalue weighted by atomic mass is 10.1. The van der Waals surface area contributed by atoms with E-state index < -0.39 is 0 Å². The molecule has 0 aliphatic heterocycles. The number of nitrogens with zero attached hydrogens (tertiary/aromatic N) is 4. The minimum Gasteiger partial charge on any atom is -0.497 e. The second kappa shape index (κ2) is 6.39. The summed E-state index contributed by atoms with van der Waals surface area (Å²) in [7, 11) is 1.62. The van der Waals surface area contributed by atoms with Gasteiger partial charge in [-0.2, -0.15) is 5.10 Å². The first-order valence-corrected chi connectivity index (χ1v) is 8.10. The maximum absolute atomic E-state index is 12.6. The van der Waals surface area contributed by atoms with Crippen LogP contribution in [0.4, 0.5) is 0 Å². The number of H-pyrrole nitrogens is 1. The van der Waals surface area contributed by atoms with Gasteiger partial charge in [-0.3, -0.25) is 9.89 Å². The van der Waals surface area contributed by atoms with E-state index >= 15 is 0 Å². The molecule has 0 atom stereocenters. The lowest BCUT2D eigenvalue weighted by Gasteiger charge is -2.07. The van der Waals surface area contributed by atoms with Crippen LogP contribution in [0, 0.1) is 0 Å². The summed E-state index contributed by atoms with van der Waals surface area (Å²) in [6.07, 6.45) is 5.53. The van der Waals surface area contributed by atoms with Gasteiger partial charge in [-0.05, 0) is 37.1 Å². The molecule has 2 N–H and O–H groups in total. The van der Waals surface area contributed by atoms with Crippen LogP contribution >= 0.6 is 0 Å². The van der Waals surface area contributed by atoms with Gasteiger partial charge in [-0.1, -0.05) is 0 Å². The van der Waals surface area contributed by atoms with Crippen molar-refractivity contribution in [3.05, 3.63) is 48.2 Å². The number of hydrogen-bond donors (Lipinski definition) is 2. The summed E-state index contributed by atoms with van der Waals surface area (Å²) in [6.45, 7) is 0.336. The molecule has 8 nitrogen and oxygen atoms in total. The highest BCUT2D eigenvalue weighted by Crippen LogP contribution is 2.35. The highest BCUT2D eigenvalue weighted by molar-refractivity contribution is 5.99. The largest absolute Gasteiger partial charge is 0.497 e. The molecule has 1 aromatic carbocycles. The Hall–Kier alpha value is -3.16. The molecule has 25 heavy (non-hydrogen) atoms. The molecule has 1 aliphatic rings. The Labute approximate surface area is 144 Å². The number of benzene rings is 1. The van der Waals surface area contributed by atoms with E-state index in [-0.39, 0.29) is 5.91 Å². The summed E-state index contributed by atoms with van der Waals surface area (Å²) in [5, 5.41) is 17.8. The van der Waals surface area contributed by atoms with Crippen LogP contribution in [-0.2, 0) is 6.54 Å². The van der Waals surface area contributed by atoms with Crippen molar-refractivity contribution in [2.24, 2.45) is 0 Å². The van der Waals surface area contributed by atoms with E-state index in [4.69, 9.17) is 4.74 Å². The topological polar surface area (TPSA) is 97.7 Å². The van der Waals surface area contributed by atoms with E-state index in [0.717, 1.165) is 30.0 Å². The molecule has 0 saturated heterocycles. The molecular formula is C17H18N6O2. The summed E-state index contributed by atoms with van der Waals surface area (Å²) in [5.41, 5.74) is 2.02. The van der Waals surface area contributed by atoms with Crippen molar-refractivity contribution in [1.82, 2.24) is 30.3 Å². The Balaban J connectivity index is 1.49. The third kappa shape index (κ3) is 3.10. The Morgan fingerprint density at radius 3 is 2.88 bits per heavy atom. The van der Waals surface area contributed by atoms with Crippen LogP contribution in [0.2, 0.25) is 0 Å². The summed E-state index contributed by atoms with van der Waals surface area (Å²) in [6, 6.07) is 7.93. The molecule has 1 saturated carbocycles.